The molecular weight excluding hydrogens is 336 g/mol. The summed E-state index contributed by atoms with van der Waals surface area (Å²) in [5.41, 5.74) is 2.18. The molecule has 1 fully saturated rings. The Labute approximate surface area is 160 Å². The third-order valence-electron chi connectivity index (χ3n) is 5.39. The lowest BCUT2D eigenvalue weighted by Crippen LogP contribution is -2.35. The molecule has 0 atom stereocenters. The van der Waals surface area contributed by atoms with Crippen LogP contribution in [0.15, 0.2) is 46.9 Å². The molecule has 3 aromatic rings. The zero-order valence-electron chi connectivity index (χ0n) is 15.8. The largest absolute Gasteiger partial charge is 0.460 e. The molecule has 4 rings (SSSR count). The van der Waals surface area contributed by atoms with E-state index in [2.05, 4.69) is 5.32 Å². The van der Waals surface area contributed by atoms with Gasteiger partial charge in [-0.3, -0.25) is 4.79 Å². The maximum atomic E-state index is 13.1. The van der Waals surface area contributed by atoms with Crippen molar-refractivity contribution >= 4 is 16.8 Å². The van der Waals surface area contributed by atoms with Crippen molar-refractivity contribution in [3.8, 4) is 11.5 Å². The van der Waals surface area contributed by atoms with E-state index in [-0.39, 0.29) is 11.9 Å². The first-order valence-corrected chi connectivity index (χ1v) is 9.98. The van der Waals surface area contributed by atoms with Gasteiger partial charge in [-0.1, -0.05) is 50.3 Å². The third-order valence-corrected chi connectivity index (χ3v) is 5.39. The van der Waals surface area contributed by atoms with Gasteiger partial charge in [-0.2, -0.15) is 0 Å². The second kappa shape index (κ2) is 7.95. The van der Waals surface area contributed by atoms with Crippen LogP contribution in [0.25, 0.3) is 22.4 Å². The number of nitrogens with zero attached hydrogens (tertiary/aromatic N) is 1. The monoisotopic (exact) mass is 362 g/mol. The van der Waals surface area contributed by atoms with Crippen molar-refractivity contribution in [1.82, 2.24) is 10.3 Å². The van der Waals surface area contributed by atoms with Gasteiger partial charge in [-0.15, -0.1) is 0 Å². The number of hydrogen-bond donors (Lipinski definition) is 1. The molecule has 0 radical (unpaired) electrons. The molecule has 0 bridgehead atoms. The molecule has 0 aliphatic heterocycles. The summed E-state index contributed by atoms with van der Waals surface area (Å²) in [4.78, 5) is 17.8. The van der Waals surface area contributed by atoms with Crippen LogP contribution in [0.5, 0.6) is 0 Å². The van der Waals surface area contributed by atoms with E-state index in [9.17, 15) is 4.79 Å². The average Bonchev–Trinajstić information content (AvgIpc) is 3.09. The summed E-state index contributed by atoms with van der Waals surface area (Å²) in [5, 5.41) is 4.16. The molecule has 0 unspecified atom stereocenters. The molecule has 140 valence electrons. The van der Waals surface area contributed by atoms with Gasteiger partial charge in [0.25, 0.3) is 5.91 Å². The van der Waals surface area contributed by atoms with E-state index in [1.54, 1.807) is 0 Å². The molecular formula is C23H26N2O2. The molecule has 0 saturated heterocycles. The number of aryl methyl sites for hydroxylation is 1. The fourth-order valence-electron chi connectivity index (χ4n) is 3.93. The smallest absolute Gasteiger partial charge is 0.252 e. The van der Waals surface area contributed by atoms with Gasteiger partial charge in [0.05, 0.1) is 11.1 Å². The van der Waals surface area contributed by atoms with Gasteiger partial charge in [-0.25, -0.2) is 4.98 Å². The quantitative estimate of drug-likeness (QED) is 0.655. The number of aromatic nitrogens is 1. The summed E-state index contributed by atoms with van der Waals surface area (Å²) in [5.74, 6) is 1.52. The molecule has 1 aliphatic carbocycles. The Kier molecular flexibility index (Phi) is 5.23. The minimum atomic E-state index is -0.0105. The Hall–Kier alpha value is -2.62. The first kappa shape index (κ1) is 17.8. The van der Waals surface area contributed by atoms with Gasteiger partial charge in [0, 0.05) is 11.4 Å². The Balaban J connectivity index is 1.67. The maximum Gasteiger partial charge on any atom is 0.252 e. The number of benzene rings is 1. The highest BCUT2D eigenvalue weighted by Crippen LogP contribution is 2.27. The lowest BCUT2D eigenvalue weighted by atomic mass is 9.96. The van der Waals surface area contributed by atoms with E-state index >= 15 is 0 Å². The van der Waals surface area contributed by atoms with Crippen LogP contribution in [-0.2, 0) is 0 Å². The van der Waals surface area contributed by atoms with Crippen LogP contribution in [0.3, 0.4) is 0 Å². The average molecular weight is 362 g/mol. The highest BCUT2D eigenvalue weighted by Gasteiger charge is 2.19. The number of nitrogens with one attached hydrogen (secondary N) is 1. The van der Waals surface area contributed by atoms with Gasteiger partial charge in [-0.05, 0) is 44.0 Å². The van der Waals surface area contributed by atoms with Gasteiger partial charge < -0.3 is 9.73 Å². The SMILES string of the molecule is Cc1ccc(-c2cc(C(=O)NC3CCCCCCC3)c3ccccc3n2)o1. The number of carbonyl (C=O) groups is 1. The van der Waals surface area contributed by atoms with Crippen LogP contribution < -0.4 is 5.32 Å². The summed E-state index contributed by atoms with van der Waals surface area (Å²) >= 11 is 0. The fourth-order valence-corrected chi connectivity index (χ4v) is 3.93. The fraction of sp³-hybridized carbons (Fsp3) is 0.391. The lowest BCUT2D eigenvalue weighted by molar-refractivity contribution is 0.0932. The Morgan fingerprint density at radius 3 is 2.52 bits per heavy atom. The first-order chi connectivity index (χ1) is 13.2. The van der Waals surface area contributed by atoms with E-state index in [0.29, 0.717) is 17.0 Å². The molecule has 2 heterocycles. The summed E-state index contributed by atoms with van der Waals surface area (Å²) in [6.07, 6.45) is 8.39. The third kappa shape index (κ3) is 4.05. The number of hydrogen-bond acceptors (Lipinski definition) is 3. The van der Waals surface area contributed by atoms with Gasteiger partial charge in [0.2, 0.25) is 0 Å². The van der Waals surface area contributed by atoms with Crippen LogP contribution in [0.2, 0.25) is 0 Å². The Morgan fingerprint density at radius 2 is 1.78 bits per heavy atom. The van der Waals surface area contributed by atoms with E-state index in [4.69, 9.17) is 9.40 Å². The van der Waals surface area contributed by atoms with Crippen LogP contribution in [0, 0.1) is 6.92 Å². The number of fused-ring (bicyclic) bond motifs is 1. The molecule has 1 N–H and O–H groups in total. The summed E-state index contributed by atoms with van der Waals surface area (Å²) in [7, 11) is 0. The van der Waals surface area contributed by atoms with Crippen molar-refractivity contribution in [2.75, 3.05) is 0 Å². The van der Waals surface area contributed by atoms with Crippen molar-refractivity contribution in [1.29, 1.82) is 0 Å². The van der Waals surface area contributed by atoms with Crippen LogP contribution in [0.4, 0.5) is 0 Å². The van der Waals surface area contributed by atoms with Gasteiger partial charge in [0.1, 0.15) is 11.5 Å². The number of rotatable bonds is 3. The molecule has 1 aliphatic rings. The van der Waals surface area contributed by atoms with Gasteiger partial charge >= 0.3 is 0 Å². The Bertz CT molecular complexity index is 936. The molecule has 4 nitrogen and oxygen atoms in total. The summed E-state index contributed by atoms with van der Waals surface area (Å²) in [6.45, 7) is 1.91. The minimum Gasteiger partial charge on any atom is -0.460 e. The molecule has 27 heavy (non-hydrogen) atoms. The number of pyridine rings is 1. The van der Waals surface area contributed by atoms with Crippen molar-refractivity contribution in [2.45, 2.75) is 57.9 Å². The molecule has 4 heteroatoms. The van der Waals surface area contributed by atoms with E-state index in [1.807, 2.05) is 49.4 Å². The van der Waals surface area contributed by atoms with Crippen molar-refractivity contribution in [2.24, 2.45) is 0 Å². The van der Waals surface area contributed by atoms with Crippen molar-refractivity contribution in [3.05, 3.63) is 53.8 Å². The van der Waals surface area contributed by atoms with Crippen molar-refractivity contribution in [3.63, 3.8) is 0 Å². The number of carbonyl (C=O) groups excluding carboxylic acids is 1. The number of furan rings is 1. The molecule has 1 aromatic carbocycles. The lowest BCUT2D eigenvalue weighted by Gasteiger charge is -2.21. The van der Waals surface area contributed by atoms with Crippen LogP contribution >= 0.6 is 0 Å². The molecule has 1 saturated carbocycles. The van der Waals surface area contributed by atoms with Crippen LogP contribution in [0.1, 0.15) is 61.1 Å². The van der Waals surface area contributed by atoms with E-state index < -0.39 is 0 Å². The second-order valence-corrected chi connectivity index (χ2v) is 7.50. The van der Waals surface area contributed by atoms with E-state index in [1.165, 1.54) is 32.1 Å². The van der Waals surface area contributed by atoms with E-state index in [0.717, 1.165) is 29.5 Å². The zero-order valence-corrected chi connectivity index (χ0v) is 15.8. The Morgan fingerprint density at radius 1 is 1.04 bits per heavy atom. The predicted molar refractivity (Wildman–Crippen MR) is 108 cm³/mol. The molecule has 2 aromatic heterocycles. The number of amides is 1. The second-order valence-electron chi connectivity index (χ2n) is 7.50. The number of para-hydroxylation sites is 1. The normalized spacial score (nSPS) is 16.0. The summed E-state index contributed by atoms with van der Waals surface area (Å²) in [6, 6.07) is 13.8. The zero-order chi connectivity index (χ0) is 18.6. The van der Waals surface area contributed by atoms with Crippen molar-refractivity contribution < 1.29 is 9.21 Å². The maximum absolute atomic E-state index is 13.1. The standard InChI is InChI=1S/C23H26N2O2/c1-16-13-14-22(27-16)21-15-19(18-11-7-8-12-20(18)25-21)23(26)24-17-9-5-3-2-4-6-10-17/h7-8,11-15,17H,2-6,9-10H2,1H3,(H,24,26). The summed E-state index contributed by atoms with van der Waals surface area (Å²) < 4.78 is 5.74. The highest BCUT2D eigenvalue weighted by molar-refractivity contribution is 6.07. The minimum absolute atomic E-state index is 0.0105. The van der Waals surface area contributed by atoms with Gasteiger partial charge in [0.15, 0.2) is 5.76 Å². The highest BCUT2D eigenvalue weighted by atomic mass is 16.3. The van der Waals surface area contributed by atoms with Crippen LogP contribution in [-0.4, -0.2) is 16.9 Å². The topological polar surface area (TPSA) is 55.1 Å². The molecule has 0 spiro atoms. The first-order valence-electron chi connectivity index (χ1n) is 9.98. The molecule has 1 amide bonds. The predicted octanol–water partition coefficient (Wildman–Crippen LogP) is 5.65.